The molecule has 6 heteroatoms. The molecule has 0 fully saturated rings. The Bertz CT molecular complexity index is 746. The van der Waals surface area contributed by atoms with Gasteiger partial charge in [-0.2, -0.15) is 0 Å². The zero-order valence-corrected chi connectivity index (χ0v) is 12.6. The fourth-order valence-electron chi connectivity index (χ4n) is 2.21. The van der Waals surface area contributed by atoms with E-state index in [0.29, 0.717) is 17.1 Å². The van der Waals surface area contributed by atoms with Gasteiger partial charge in [-0.15, -0.1) is 0 Å². The molecule has 118 valence electrons. The highest BCUT2D eigenvalue weighted by Crippen LogP contribution is 2.32. The van der Waals surface area contributed by atoms with Gasteiger partial charge in [0.25, 0.3) is 0 Å². The number of aromatic nitrogens is 1. The van der Waals surface area contributed by atoms with Gasteiger partial charge in [0.2, 0.25) is 0 Å². The Hall–Kier alpha value is -2.86. The molecule has 0 radical (unpaired) electrons. The van der Waals surface area contributed by atoms with E-state index >= 15 is 0 Å². The summed E-state index contributed by atoms with van der Waals surface area (Å²) in [7, 11) is 0. The lowest BCUT2D eigenvalue weighted by Gasteiger charge is -2.29. The lowest BCUT2D eigenvalue weighted by Crippen LogP contribution is -2.35. The van der Waals surface area contributed by atoms with Gasteiger partial charge in [0.1, 0.15) is 11.4 Å². The Morgan fingerprint density at radius 1 is 1.22 bits per heavy atom. The molecule has 1 aliphatic rings. The molecule has 0 aliphatic carbocycles. The number of urea groups is 1. The van der Waals surface area contributed by atoms with Gasteiger partial charge in [0.15, 0.2) is 0 Å². The van der Waals surface area contributed by atoms with E-state index in [2.05, 4.69) is 15.6 Å². The maximum atomic E-state index is 12.0. The Morgan fingerprint density at radius 3 is 2.70 bits per heavy atom. The minimum Gasteiger partial charge on any atom is -0.480 e. The van der Waals surface area contributed by atoms with Gasteiger partial charge in [-0.1, -0.05) is 6.08 Å². The minimum absolute atomic E-state index is 0.0999. The number of benzene rings is 1. The van der Waals surface area contributed by atoms with Gasteiger partial charge in [0, 0.05) is 29.3 Å². The van der Waals surface area contributed by atoms with Crippen LogP contribution < -0.4 is 15.4 Å². The summed E-state index contributed by atoms with van der Waals surface area (Å²) in [4.78, 5) is 15.9. The molecule has 2 amide bonds. The molecule has 2 aromatic rings. The van der Waals surface area contributed by atoms with Crippen LogP contribution in [0.15, 0.2) is 48.8 Å². The second kappa shape index (κ2) is 6.10. The van der Waals surface area contributed by atoms with E-state index in [1.54, 1.807) is 49.7 Å². The van der Waals surface area contributed by atoms with E-state index in [0.717, 1.165) is 5.56 Å². The third-order valence-electron chi connectivity index (χ3n) is 3.48. The number of carbonyl (C=O) groups is 1. The average Bonchev–Trinajstić information content (AvgIpc) is 2.56. The monoisotopic (exact) mass is 311 g/mol. The first-order valence-corrected chi connectivity index (χ1v) is 7.19. The van der Waals surface area contributed by atoms with Crippen LogP contribution in [0.25, 0.3) is 6.08 Å². The summed E-state index contributed by atoms with van der Waals surface area (Å²) in [5.74, 6) is 0.671. The van der Waals surface area contributed by atoms with E-state index in [1.807, 2.05) is 12.1 Å². The highest BCUT2D eigenvalue weighted by molar-refractivity contribution is 5.99. The molecule has 6 nitrogen and oxygen atoms in total. The highest BCUT2D eigenvalue weighted by atomic mass is 16.5. The lowest BCUT2D eigenvalue weighted by atomic mass is 10.0. The summed E-state index contributed by atoms with van der Waals surface area (Å²) in [6.45, 7) is 1.71. The van der Waals surface area contributed by atoms with Crippen molar-refractivity contribution >= 4 is 23.5 Å². The number of carbonyl (C=O) groups excluding carboxylic acids is 1. The Kier molecular flexibility index (Phi) is 3.99. The van der Waals surface area contributed by atoms with E-state index in [1.165, 1.54) is 0 Å². The lowest BCUT2D eigenvalue weighted by molar-refractivity contribution is 0.0641. The van der Waals surface area contributed by atoms with Crippen molar-refractivity contribution in [2.75, 3.05) is 17.2 Å². The molecular formula is C17H17N3O3. The van der Waals surface area contributed by atoms with E-state index in [9.17, 15) is 9.90 Å². The summed E-state index contributed by atoms with van der Waals surface area (Å²) in [5.41, 5.74) is 1.45. The Balaban J connectivity index is 1.70. The molecule has 3 rings (SSSR count). The normalized spacial score (nSPS) is 18.7. The van der Waals surface area contributed by atoms with E-state index < -0.39 is 5.60 Å². The number of hydrogen-bond donors (Lipinski definition) is 3. The van der Waals surface area contributed by atoms with E-state index in [-0.39, 0.29) is 12.6 Å². The van der Waals surface area contributed by atoms with Crippen LogP contribution in [0.3, 0.4) is 0 Å². The second-order valence-electron chi connectivity index (χ2n) is 5.47. The number of aliphatic hydroxyl groups is 1. The van der Waals surface area contributed by atoms with Gasteiger partial charge in [-0.3, -0.25) is 4.98 Å². The van der Waals surface area contributed by atoms with Gasteiger partial charge >= 0.3 is 6.03 Å². The average molecular weight is 311 g/mol. The van der Waals surface area contributed by atoms with Crippen molar-refractivity contribution in [3.63, 3.8) is 0 Å². The molecule has 1 aliphatic heterocycles. The standard InChI is InChI=1S/C17H17N3O3/c1-17(11-21)7-4-12-10-14(2-3-15(12)23-17)20-16(22)19-13-5-8-18-9-6-13/h2-10,21H,11H2,1H3,(H2,18,19,20,22). The van der Waals surface area contributed by atoms with Crippen molar-refractivity contribution < 1.29 is 14.6 Å². The molecule has 23 heavy (non-hydrogen) atoms. The Labute approximate surface area is 133 Å². The zero-order valence-electron chi connectivity index (χ0n) is 12.6. The zero-order chi connectivity index (χ0) is 16.3. The van der Waals surface area contributed by atoms with Crippen LogP contribution in [0.4, 0.5) is 16.2 Å². The number of hydrogen-bond acceptors (Lipinski definition) is 4. The maximum Gasteiger partial charge on any atom is 0.323 e. The summed E-state index contributed by atoms with van der Waals surface area (Å²) in [5, 5.41) is 14.8. The molecule has 0 saturated carbocycles. The number of ether oxygens (including phenoxy) is 1. The largest absolute Gasteiger partial charge is 0.480 e. The first kappa shape index (κ1) is 15.1. The Morgan fingerprint density at radius 2 is 1.96 bits per heavy atom. The van der Waals surface area contributed by atoms with Crippen LogP contribution in [0.2, 0.25) is 0 Å². The summed E-state index contributed by atoms with van der Waals surface area (Å²) in [6, 6.07) is 8.42. The van der Waals surface area contributed by atoms with Gasteiger partial charge in [-0.05, 0) is 43.3 Å². The fraction of sp³-hybridized carbons (Fsp3) is 0.176. The first-order chi connectivity index (χ1) is 11.1. The molecule has 3 N–H and O–H groups in total. The predicted octanol–water partition coefficient (Wildman–Crippen LogP) is 2.88. The minimum atomic E-state index is -0.708. The van der Waals surface area contributed by atoms with Gasteiger partial charge in [0.05, 0.1) is 6.61 Å². The van der Waals surface area contributed by atoms with Crippen molar-refractivity contribution in [1.29, 1.82) is 0 Å². The summed E-state index contributed by atoms with van der Waals surface area (Å²) < 4.78 is 5.75. The highest BCUT2D eigenvalue weighted by Gasteiger charge is 2.26. The number of fused-ring (bicyclic) bond motifs is 1. The number of aliphatic hydroxyl groups excluding tert-OH is 1. The predicted molar refractivity (Wildman–Crippen MR) is 88.5 cm³/mol. The second-order valence-corrected chi connectivity index (χ2v) is 5.47. The fourth-order valence-corrected chi connectivity index (χ4v) is 2.21. The van der Waals surface area contributed by atoms with Gasteiger partial charge in [-0.25, -0.2) is 4.79 Å². The molecule has 1 atom stereocenters. The number of nitrogens with zero attached hydrogens (tertiary/aromatic N) is 1. The number of pyridine rings is 1. The molecular weight excluding hydrogens is 294 g/mol. The van der Waals surface area contributed by atoms with Crippen LogP contribution in [0.1, 0.15) is 12.5 Å². The van der Waals surface area contributed by atoms with Crippen LogP contribution in [-0.4, -0.2) is 28.3 Å². The molecule has 0 bridgehead atoms. The molecule has 1 aromatic heterocycles. The first-order valence-electron chi connectivity index (χ1n) is 7.19. The van der Waals surface area contributed by atoms with Crippen molar-refractivity contribution in [2.24, 2.45) is 0 Å². The van der Waals surface area contributed by atoms with Crippen molar-refractivity contribution in [3.8, 4) is 5.75 Å². The molecule has 2 heterocycles. The summed E-state index contributed by atoms with van der Waals surface area (Å²) in [6.07, 6.45) is 6.89. The quantitative estimate of drug-likeness (QED) is 0.814. The third kappa shape index (κ3) is 3.49. The topological polar surface area (TPSA) is 83.5 Å². The molecule has 0 spiro atoms. The van der Waals surface area contributed by atoms with Crippen LogP contribution in [0.5, 0.6) is 5.75 Å². The number of anilines is 2. The smallest absolute Gasteiger partial charge is 0.323 e. The summed E-state index contributed by atoms with van der Waals surface area (Å²) >= 11 is 0. The molecule has 0 saturated heterocycles. The number of rotatable bonds is 3. The van der Waals surface area contributed by atoms with E-state index in [4.69, 9.17) is 4.74 Å². The van der Waals surface area contributed by atoms with Crippen LogP contribution in [0, 0.1) is 0 Å². The number of nitrogens with one attached hydrogen (secondary N) is 2. The van der Waals surface area contributed by atoms with Crippen molar-refractivity contribution in [1.82, 2.24) is 4.98 Å². The molecule has 1 unspecified atom stereocenters. The van der Waals surface area contributed by atoms with Crippen LogP contribution in [-0.2, 0) is 0 Å². The van der Waals surface area contributed by atoms with Crippen molar-refractivity contribution in [2.45, 2.75) is 12.5 Å². The van der Waals surface area contributed by atoms with Crippen LogP contribution >= 0.6 is 0 Å². The molecule has 1 aromatic carbocycles. The maximum absolute atomic E-state index is 12.0. The van der Waals surface area contributed by atoms with Gasteiger partial charge < -0.3 is 20.5 Å². The van der Waals surface area contributed by atoms with Crippen molar-refractivity contribution in [3.05, 3.63) is 54.4 Å². The number of amides is 2. The third-order valence-corrected chi connectivity index (χ3v) is 3.48. The SMILES string of the molecule is CC1(CO)C=Cc2cc(NC(=O)Nc3ccncc3)ccc2O1.